The largest absolute Gasteiger partial charge is 0.352 e. The standard InChI is InChI=1S/C12H14Cl3NO3S/c1-2-3-4-5-16-12(17)8-6-11(20(15,18)19)10(14)7-9(8)13/h6-7H,2-5H2,1H3,(H,16,17). The maximum atomic E-state index is 11.9. The van der Waals surface area contributed by atoms with Crippen LogP contribution in [0.1, 0.15) is 36.5 Å². The van der Waals surface area contributed by atoms with Crippen molar-refractivity contribution in [2.24, 2.45) is 0 Å². The molecule has 1 aromatic carbocycles. The van der Waals surface area contributed by atoms with E-state index in [1.54, 1.807) is 0 Å². The Morgan fingerprint density at radius 2 is 1.85 bits per heavy atom. The zero-order valence-corrected chi connectivity index (χ0v) is 13.8. The van der Waals surface area contributed by atoms with Gasteiger partial charge in [0.1, 0.15) is 4.90 Å². The Bertz CT molecular complexity index is 602. The molecule has 20 heavy (non-hydrogen) atoms. The SMILES string of the molecule is CCCCCNC(=O)c1cc(S(=O)(=O)Cl)c(Cl)cc1Cl. The lowest BCUT2D eigenvalue weighted by atomic mass is 10.2. The van der Waals surface area contributed by atoms with E-state index in [9.17, 15) is 13.2 Å². The maximum absolute atomic E-state index is 11.9. The lowest BCUT2D eigenvalue weighted by Gasteiger charge is -2.09. The Morgan fingerprint density at radius 3 is 2.40 bits per heavy atom. The summed E-state index contributed by atoms with van der Waals surface area (Å²) in [7, 11) is 1.22. The van der Waals surface area contributed by atoms with Crippen molar-refractivity contribution in [3.63, 3.8) is 0 Å². The second-order valence-electron chi connectivity index (χ2n) is 4.16. The third-order valence-electron chi connectivity index (χ3n) is 2.59. The lowest BCUT2D eigenvalue weighted by Crippen LogP contribution is -2.25. The normalized spacial score (nSPS) is 11.4. The Kier molecular flexibility index (Phi) is 6.58. The van der Waals surface area contributed by atoms with Crippen molar-refractivity contribution in [2.75, 3.05) is 6.54 Å². The van der Waals surface area contributed by atoms with Crippen LogP contribution in [0.15, 0.2) is 17.0 Å². The molecule has 1 rings (SSSR count). The molecular weight excluding hydrogens is 345 g/mol. The van der Waals surface area contributed by atoms with E-state index in [2.05, 4.69) is 12.2 Å². The predicted molar refractivity (Wildman–Crippen MR) is 81.4 cm³/mol. The molecule has 0 spiro atoms. The molecule has 0 aromatic heterocycles. The molecule has 0 aliphatic heterocycles. The highest BCUT2D eigenvalue weighted by Gasteiger charge is 2.20. The quantitative estimate of drug-likeness (QED) is 0.620. The van der Waals surface area contributed by atoms with Gasteiger partial charge in [-0.25, -0.2) is 8.42 Å². The molecule has 0 heterocycles. The first-order chi connectivity index (χ1) is 9.27. The van der Waals surface area contributed by atoms with Crippen molar-refractivity contribution in [3.8, 4) is 0 Å². The first-order valence-electron chi connectivity index (χ1n) is 5.99. The van der Waals surface area contributed by atoms with Gasteiger partial charge >= 0.3 is 0 Å². The van der Waals surface area contributed by atoms with Crippen LogP contribution in [0.4, 0.5) is 0 Å². The molecule has 1 aromatic rings. The zero-order valence-electron chi connectivity index (χ0n) is 10.8. The first-order valence-corrected chi connectivity index (χ1v) is 9.05. The van der Waals surface area contributed by atoms with Crippen molar-refractivity contribution >= 4 is 48.8 Å². The minimum Gasteiger partial charge on any atom is -0.352 e. The highest BCUT2D eigenvalue weighted by atomic mass is 35.7. The number of hydrogen-bond donors (Lipinski definition) is 1. The van der Waals surface area contributed by atoms with Crippen molar-refractivity contribution in [3.05, 3.63) is 27.7 Å². The maximum Gasteiger partial charge on any atom is 0.262 e. The van der Waals surface area contributed by atoms with Crippen LogP contribution in [0.3, 0.4) is 0 Å². The van der Waals surface area contributed by atoms with E-state index in [0.29, 0.717) is 6.54 Å². The summed E-state index contributed by atoms with van der Waals surface area (Å²) in [5, 5.41) is 2.63. The third kappa shape index (κ3) is 4.81. The van der Waals surface area contributed by atoms with E-state index in [1.807, 2.05) is 0 Å². The second kappa shape index (κ2) is 7.50. The highest BCUT2D eigenvalue weighted by molar-refractivity contribution is 8.13. The summed E-state index contributed by atoms with van der Waals surface area (Å²) >= 11 is 11.7. The van der Waals surface area contributed by atoms with E-state index in [0.717, 1.165) is 25.3 Å². The molecule has 0 aliphatic carbocycles. The van der Waals surface area contributed by atoms with Crippen LogP contribution in [-0.4, -0.2) is 20.9 Å². The Hall–Kier alpha value is -0.490. The summed E-state index contributed by atoms with van der Waals surface area (Å²) in [4.78, 5) is 11.6. The van der Waals surface area contributed by atoms with Gasteiger partial charge in [-0.2, -0.15) is 0 Å². The molecule has 112 valence electrons. The number of carbonyl (C=O) groups excluding carboxylic acids is 1. The number of hydrogen-bond acceptors (Lipinski definition) is 3. The van der Waals surface area contributed by atoms with Crippen molar-refractivity contribution in [1.82, 2.24) is 5.32 Å². The number of amides is 1. The summed E-state index contributed by atoms with van der Waals surface area (Å²) in [6.45, 7) is 2.55. The van der Waals surface area contributed by atoms with E-state index >= 15 is 0 Å². The van der Waals surface area contributed by atoms with Gasteiger partial charge in [-0.3, -0.25) is 4.79 Å². The van der Waals surface area contributed by atoms with Crippen LogP contribution in [0, 0.1) is 0 Å². The van der Waals surface area contributed by atoms with E-state index in [4.69, 9.17) is 33.9 Å². The molecule has 0 radical (unpaired) electrons. The fourth-order valence-electron chi connectivity index (χ4n) is 1.56. The van der Waals surface area contributed by atoms with Crippen molar-refractivity contribution in [2.45, 2.75) is 31.1 Å². The highest BCUT2D eigenvalue weighted by Crippen LogP contribution is 2.30. The Morgan fingerprint density at radius 1 is 1.20 bits per heavy atom. The number of nitrogens with one attached hydrogen (secondary N) is 1. The molecule has 1 amide bonds. The zero-order chi connectivity index (χ0) is 15.3. The molecule has 0 fully saturated rings. The average Bonchev–Trinajstić information content (AvgIpc) is 2.32. The second-order valence-corrected chi connectivity index (χ2v) is 7.51. The van der Waals surface area contributed by atoms with Gasteiger partial charge in [0.15, 0.2) is 0 Å². The molecule has 0 unspecified atom stereocenters. The van der Waals surface area contributed by atoms with Gasteiger partial charge in [0.25, 0.3) is 15.0 Å². The van der Waals surface area contributed by atoms with Crippen LogP contribution in [-0.2, 0) is 9.05 Å². The minimum absolute atomic E-state index is 0.0341. The van der Waals surface area contributed by atoms with Crippen LogP contribution in [0.2, 0.25) is 10.0 Å². The molecule has 8 heteroatoms. The molecule has 4 nitrogen and oxygen atoms in total. The number of rotatable bonds is 6. The lowest BCUT2D eigenvalue weighted by molar-refractivity contribution is 0.0953. The summed E-state index contributed by atoms with van der Waals surface area (Å²) in [6.07, 6.45) is 2.87. The number of carbonyl (C=O) groups is 1. The topological polar surface area (TPSA) is 63.2 Å². The van der Waals surface area contributed by atoms with Gasteiger partial charge < -0.3 is 5.32 Å². The van der Waals surface area contributed by atoms with Gasteiger partial charge in [-0.1, -0.05) is 43.0 Å². The molecule has 0 aliphatic rings. The fourth-order valence-corrected chi connectivity index (χ4v) is 3.39. The monoisotopic (exact) mass is 357 g/mol. The summed E-state index contributed by atoms with van der Waals surface area (Å²) in [6, 6.07) is 2.28. The molecule has 0 saturated carbocycles. The molecule has 0 bridgehead atoms. The Balaban J connectivity index is 2.98. The summed E-state index contributed by atoms with van der Waals surface area (Å²) in [5.74, 6) is -0.454. The van der Waals surface area contributed by atoms with Gasteiger partial charge in [0.2, 0.25) is 0 Å². The van der Waals surface area contributed by atoms with Crippen LogP contribution in [0.5, 0.6) is 0 Å². The van der Waals surface area contributed by atoms with Gasteiger partial charge in [0.05, 0.1) is 15.6 Å². The number of benzene rings is 1. The molecule has 0 atom stereocenters. The fraction of sp³-hybridized carbons (Fsp3) is 0.417. The van der Waals surface area contributed by atoms with Crippen LogP contribution >= 0.6 is 33.9 Å². The minimum atomic E-state index is -4.03. The summed E-state index contributed by atoms with van der Waals surface area (Å²) in [5.41, 5.74) is 0.0341. The number of halogens is 3. The van der Waals surface area contributed by atoms with Crippen molar-refractivity contribution < 1.29 is 13.2 Å². The first kappa shape index (κ1) is 17.6. The van der Waals surface area contributed by atoms with E-state index in [1.165, 1.54) is 6.07 Å². The summed E-state index contributed by atoms with van der Waals surface area (Å²) < 4.78 is 22.7. The molecule has 1 N–H and O–H groups in total. The predicted octanol–water partition coefficient (Wildman–Crippen LogP) is 3.84. The number of unbranched alkanes of at least 4 members (excludes halogenated alkanes) is 2. The van der Waals surface area contributed by atoms with Gasteiger partial charge in [0, 0.05) is 17.2 Å². The smallest absolute Gasteiger partial charge is 0.262 e. The molecule has 0 saturated heterocycles. The van der Waals surface area contributed by atoms with E-state index in [-0.39, 0.29) is 20.5 Å². The Labute approximate surface area is 132 Å². The van der Waals surface area contributed by atoms with Crippen LogP contribution in [0.25, 0.3) is 0 Å². The third-order valence-corrected chi connectivity index (χ3v) is 4.69. The van der Waals surface area contributed by atoms with Gasteiger partial charge in [-0.05, 0) is 18.6 Å². The molecular formula is C12H14Cl3NO3S. The van der Waals surface area contributed by atoms with Gasteiger partial charge in [-0.15, -0.1) is 0 Å². The van der Waals surface area contributed by atoms with Crippen LogP contribution < -0.4 is 5.32 Å². The van der Waals surface area contributed by atoms with Crippen molar-refractivity contribution in [1.29, 1.82) is 0 Å². The average molecular weight is 359 g/mol. The van der Waals surface area contributed by atoms with E-state index < -0.39 is 15.0 Å².